The first-order valence-electron chi connectivity index (χ1n) is 9.45. The number of aromatic carboxylic acids is 1. The number of hydrogen-bond donors (Lipinski definition) is 2. The Balaban J connectivity index is 1.31. The van der Waals surface area contributed by atoms with Gasteiger partial charge in [0.05, 0.1) is 11.8 Å². The number of hydrazone groups is 1. The summed E-state index contributed by atoms with van der Waals surface area (Å²) < 4.78 is 11.2. The lowest BCUT2D eigenvalue weighted by Gasteiger charge is -2.07. The smallest absolute Gasteiger partial charge is 0.335 e. The van der Waals surface area contributed by atoms with Gasteiger partial charge in [0.1, 0.15) is 17.9 Å². The molecule has 0 atom stereocenters. The maximum Gasteiger partial charge on any atom is 0.335 e. The lowest BCUT2D eigenvalue weighted by atomic mass is 10.1. The third-order valence-corrected chi connectivity index (χ3v) is 4.49. The fourth-order valence-electron chi connectivity index (χ4n) is 2.93. The maximum absolute atomic E-state index is 12.2. The second-order valence-corrected chi connectivity index (χ2v) is 6.71. The molecule has 0 unspecified atom stereocenters. The summed E-state index contributed by atoms with van der Waals surface area (Å²) in [4.78, 5) is 23.2. The van der Waals surface area contributed by atoms with Gasteiger partial charge in [0.25, 0.3) is 0 Å². The van der Waals surface area contributed by atoms with E-state index in [0.29, 0.717) is 11.3 Å². The van der Waals surface area contributed by atoms with Crippen molar-refractivity contribution >= 4 is 29.1 Å². The van der Waals surface area contributed by atoms with Crippen molar-refractivity contribution in [2.45, 2.75) is 6.61 Å². The Morgan fingerprint density at radius 2 is 1.81 bits per heavy atom. The van der Waals surface area contributed by atoms with E-state index in [1.54, 1.807) is 54.6 Å². The topological polar surface area (TPSA) is 101 Å². The fraction of sp³-hybridized carbons (Fsp3) is 0.0417. The van der Waals surface area contributed by atoms with Crippen LogP contribution in [0, 0.1) is 0 Å². The summed E-state index contributed by atoms with van der Waals surface area (Å²) >= 11 is 0. The molecule has 0 spiro atoms. The lowest BCUT2D eigenvalue weighted by Crippen LogP contribution is -2.16. The zero-order valence-corrected chi connectivity index (χ0v) is 16.3. The number of fused-ring (bicyclic) bond motifs is 1. The van der Waals surface area contributed by atoms with Crippen LogP contribution in [0.3, 0.4) is 0 Å². The van der Waals surface area contributed by atoms with E-state index in [2.05, 4.69) is 10.5 Å². The van der Waals surface area contributed by atoms with E-state index in [1.807, 2.05) is 18.2 Å². The standard InChI is InChI=1S/C24H18N2O5/c27-23(22-13-18-5-1-2-7-21(18)31-22)26-25-14-16-8-10-20(11-9-16)30-15-17-4-3-6-19(12-17)24(28)29/h1-14H,15H2,(H,26,27)(H,28,29). The number of rotatable bonds is 7. The van der Waals surface area contributed by atoms with Gasteiger partial charge in [0.15, 0.2) is 5.76 Å². The second kappa shape index (κ2) is 8.96. The van der Waals surface area contributed by atoms with Crippen LogP contribution in [-0.2, 0) is 6.61 Å². The van der Waals surface area contributed by atoms with Crippen LogP contribution in [0.2, 0.25) is 0 Å². The molecule has 0 aliphatic carbocycles. The molecule has 31 heavy (non-hydrogen) atoms. The van der Waals surface area contributed by atoms with Gasteiger partial charge in [-0.3, -0.25) is 4.79 Å². The Bertz CT molecular complexity index is 1230. The molecule has 1 aromatic heterocycles. The number of benzene rings is 3. The van der Waals surface area contributed by atoms with E-state index in [-0.39, 0.29) is 17.9 Å². The van der Waals surface area contributed by atoms with E-state index in [4.69, 9.17) is 14.3 Å². The normalized spacial score (nSPS) is 11.0. The predicted molar refractivity (Wildman–Crippen MR) is 115 cm³/mol. The molecule has 0 saturated heterocycles. The molecule has 0 aliphatic rings. The van der Waals surface area contributed by atoms with Crippen molar-refractivity contribution in [3.8, 4) is 5.75 Å². The van der Waals surface area contributed by atoms with Crippen LogP contribution in [0.5, 0.6) is 5.75 Å². The molecule has 0 bridgehead atoms. The number of carboxylic acids is 1. The summed E-state index contributed by atoms with van der Waals surface area (Å²) in [6.07, 6.45) is 1.51. The molecule has 1 amide bonds. The summed E-state index contributed by atoms with van der Waals surface area (Å²) in [5.41, 5.74) is 4.83. The molecule has 0 aliphatic heterocycles. The van der Waals surface area contributed by atoms with Crippen molar-refractivity contribution < 1.29 is 23.8 Å². The molecular weight excluding hydrogens is 396 g/mol. The number of hydrogen-bond acceptors (Lipinski definition) is 5. The van der Waals surface area contributed by atoms with Crippen LogP contribution in [0.25, 0.3) is 11.0 Å². The Hall–Kier alpha value is -4.39. The zero-order chi connectivity index (χ0) is 21.6. The van der Waals surface area contributed by atoms with Gasteiger partial charge >= 0.3 is 11.9 Å². The van der Waals surface area contributed by atoms with Crippen molar-refractivity contribution in [1.82, 2.24) is 5.43 Å². The number of nitrogens with one attached hydrogen (secondary N) is 1. The zero-order valence-electron chi connectivity index (χ0n) is 16.3. The lowest BCUT2D eigenvalue weighted by molar-refractivity contribution is 0.0696. The Morgan fingerprint density at radius 1 is 1.00 bits per heavy atom. The highest BCUT2D eigenvalue weighted by Crippen LogP contribution is 2.18. The average Bonchev–Trinajstić information content (AvgIpc) is 3.23. The summed E-state index contributed by atoms with van der Waals surface area (Å²) in [6, 6.07) is 22.8. The highest BCUT2D eigenvalue weighted by atomic mass is 16.5. The van der Waals surface area contributed by atoms with Crippen molar-refractivity contribution in [2.24, 2.45) is 5.10 Å². The van der Waals surface area contributed by atoms with Crippen molar-refractivity contribution in [2.75, 3.05) is 0 Å². The number of carbonyl (C=O) groups excluding carboxylic acids is 1. The van der Waals surface area contributed by atoms with Crippen molar-refractivity contribution in [3.05, 3.63) is 101 Å². The Morgan fingerprint density at radius 3 is 2.58 bits per heavy atom. The van der Waals surface area contributed by atoms with Crippen LogP contribution >= 0.6 is 0 Å². The van der Waals surface area contributed by atoms with Gasteiger partial charge < -0.3 is 14.3 Å². The Labute approximate surface area is 177 Å². The number of furan rings is 1. The van der Waals surface area contributed by atoms with E-state index in [1.165, 1.54) is 12.3 Å². The molecule has 0 saturated carbocycles. The summed E-state index contributed by atoms with van der Waals surface area (Å²) in [5, 5.41) is 13.8. The molecule has 0 radical (unpaired) electrons. The number of para-hydroxylation sites is 1. The minimum atomic E-state index is -0.974. The molecular formula is C24H18N2O5. The van der Waals surface area contributed by atoms with Crippen molar-refractivity contribution in [1.29, 1.82) is 0 Å². The first-order valence-corrected chi connectivity index (χ1v) is 9.45. The van der Waals surface area contributed by atoms with E-state index in [9.17, 15) is 9.59 Å². The average molecular weight is 414 g/mol. The minimum absolute atomic E-state index is 0.189. The van der Waals surface area contributed by atoms with Crippen LogP contribution in [0.4, 0.5) is 0 Å². The number of amides is 1. The predicted octanol–water partition coefficient (Wildman–Crippen LogP) is 4.47. The van der Waals surface area contributed by atoms with Crippen LogP contribution in [0.1, 0.15) is 32.0 Å². The van der Waals surface area contributed by atoms with E-state index >= 15 is 0 Å². The number of carboxylic acid groups (broad SMARTS) is 1. The van der Waals surface area contributed by atoms with Gasteiger partial charge in [-0.15, -0.1) is 0 Å². The molecule has 0 fully saturated rings. The number of carbonyl (C=O) groups is 2. The molecule has 7 nitrogen and oxygen atoms in total. The second-order valence-electron chi connectivity index (χ2n) is 6.71. The quantitative estimate of drug-likeness (QED) is 0.343. The first kappa shape index (κ1) is 19.9. The first-order chi connectivity index (χ1) is 15.1. The molecule has 7 heteroatoms. The number of nitrogens with zero attached hydrogens (tertiary/aromatic N) is 1. The van der Waals surface area contributed by atoms with Crippen LogP contribution in [-0.4, -0.2) is 23.2 Å². The van der Waals surface area contributed by atoms with Gasteiger partial charge in [-0.1, -0.05) is 30.3 Å². The van der Waals surface area contributed by atoms with Gasteiger partial charge in [-0.25, -0.2) is 10.2 Å². The molecule has 154 valence electrons. The highest BCUT2D eigenvalue weighted by Gasteiger charge is 2.10. The van der Waals surface area contributed by atoms with Gasteiger partial charge in [0.2, 0.25) is 0 Å². The molecule has 2 N–H and O–H groups in total. The monoisotopic (exact) mass is 414 g/mol. The van der Waals surface area contributed by atoms with Gasteiger partial charge in [0, 0.05) is 5.39 Å². The number of ether oxygens (including phenoxy) is 1. The van der Waals surface area contributed by atoms with Gasteiger partial charge in [-0.2, -0.15) is 5.10 Å². The van der Waals surface area contributed by atoms with Crippen LogP contribution < -0.4 is 10.2 Å². The minimum Gasteiger partial charge on any atom is -0.489 e. The van der Waals surface area contributed by atoms with E-state index < -0.39 is 11.9 Å². The largest absolute Gasteiger partial charge is 0.489 e. The molecule has 1 heterocycles. The van der Waals surface area contributed by atoms with E-state index in [0.717, 1.165) is 16.5 Å². The summed E-state index contributed by atoms with van der Waals surface area (Å²) in [5.74, 6) is -0.591. The fourth-order valence-corrected chi connectivity index (χ4v) is 2.93. The Kier molecular flexibility index (Phi) is 5.75. The van der Waals surface area contributed by atoms with Gasteiger partial charge in [-0.05, 0) is 59.7 Å². The maximum atomic E-state index is 12.2. The molecule has 3 aromatic carbocycles. The van der Waals surface area contributed by atoms with Crippen LogP contribution in [0.15, 0.2) is 88.4 Å². The molecule has 4 aromatic rings. The SMILES string of the molecule is O=C(O)c1cccc(COc2ccc(C=NNC(=O)c3cc4ccccc4o3)cc2)c1. The third-order valence-electron chi connectivity index (χ3n) is 4.49. The highest BCUT2D eigenvalue weighted by molar-refractivity contribution is 5.96. The molecule has 4 rings (SSSR count). The summed E-state index contributed by atoms with van der Waals surface area (Å²) in [6.45, 7) is 0.252. The van der Waals surface area contributed by atoms with Crippen molar-refractivity contribution in [3.63, 3.8) is 0 Å². The third kappa shape index (κ3) is 4.97. The summed E-state index contributed by atoms with van der Waals surface area (Å²) in [7, 11) is 0.